The normalized spacial score (nSPS) is 15.5. The number of urea groups is 1. The third kappa shape index (κ3) is 5.18. The summed E-state index contributed by atoms with van der Waals surface area (Å²) in [5, 5.41) is 2.95. The molecule has 0 spiro atoms. The van der Waals surface area contributed by atoms with Gasteiger partial charge in [-0.05, 0) is 55.2 Å². The molecule has 1 saturated heterocycles. The van der Waals surface area contributed by atoms with Gasteiger partial charge in [0.15, 0.2) is 6.23 Å². The predicted octanol–water partition coefficient (Wildman–Crippen LogP) is 4.38. The number of anilines is 1. The standard InChI is InChI=1S/C23H31N3O2/c1-17(2)20-8-10-22(11-9-20)28-19(4)24-23(27)26-14-12-25(13-15-26)21-7-5-6-18(3)16-21/h5-11,16-17,19H,12-15H2,1-4H3,(H,24,27). The van der Waals surface area contributed by atoms with E-state index >= 15 is 0 Å². The zero-order valence-corrected chi connectivity index (χ0v) is 17.3. The molecule has 0 saturated carbocycles. The van der Waals surface area contributed by atoms with Crippen molar-refractivity contribution in [3.63, 3.8) is 0 Å². The number of nitrogens with zero attached hydrogens (tertiary/aromatic N) is 2. The third-order valence-electron chi connectivity index (χ3n) is 5.12. The molecule has 1 unspecified atom stereocenters. The molecule has 28 heavy (non-hydrogen) atoms. The van der Waals surface area contributed by atoms with Crippen LogP contribution in [0.25, 0.3) is 0 Å². The van der Waals surface area contributed by atoms with Crippen LogP contribution in [0.1, 0.15) is 37.8 Å². The smallest absolute Gasteiger partial charge is 0.320 e. The van der Waals surface area contributed by atoms with E-state index in [0.29, 0.717) is 19.0 Å². The fourth-order valence-corrected chi connectivity index (χ4v) is 3.42. The van der Waals surface area contributed by atoms with E-state index in [9.17, 15) is 4.79 Å². The van der Waals surface area contributed by atoms with Gasteiger partial charge in [-0.25, -0.2) is 4.79 Å². The molecule has 2 aromatic carbocycles. The predicted molar refractivity (Wildman–Crippen MR) is 114 cm³/mol. The second-order valence-electron chi connectivity index (χ2n) is 7.75. The minimum absolute atomic E-state index is 0.0739. The van der Waals surface area contributed by atoms with Crippen LogP contribution >= 0.6 is 0 Å². The third-order valence-corrected chi connectivity index (χ3v) is 5.12. The highest BCUT2D eigenvalue weighted by Crippen LogP contribution is 2.20. The second kappa shape index (κ2) is 9.00. The Labute approximate surface area is 168 Å². The first kappa shape index (κ1) is 20.1. The summed E-state index contributed by atoms with van der Waals surface area (Å²) >= 11 is 0. The molecule has 3 rings (SSSR count). The van der Waals surface area contributed by atoms with Gasteiger partial charge < -0.3 is 19.9 Å². The maximum Gasteiger partial charge on any atom is 0.320 e. The Kier molecular flexibility index (Phi) is 6.45. The molecule has 2 amide bonds. The van der Waals surface area contributed by atoms with Crippen LogP contribution in [0.4, 0.5) is 10.5 Å². The van der Waals surface area contributed by atoms with Gasteiger partial charge in [-0.1, -0.05) is 38.1 Å². The lowest BCUT2D eigenvalue weighted by atomic mass is 10.0. The summed E-state index contributed by atoms with van der Waals surface area (Å²) < 4.78 is 5.85. The number of aryl methyl sites for hydroxylation is 1. The SMILES string of the molecule is Cc1cccc(N2CCN(C(=O)NC(C)Oc3ccc(C(C)C)cc3)CC2)c1. The summed E-state index contributed by atoms with van der Waals surface area (Å²) in [5.74, 6) is 1.26. The number of amides is 2. The van der Waals surface area contributed by atoms with Crippen LogP contribution in [0.5, 0.6) is 5.75 Å². The lowest BCUT2D eigenvalue weighted by molar-refractivity contribution is 0.151. The van der Waals surface area contributed by atoms with Crippen LogP contribution < -0.4 is 15.0 Å². The minimum Gasteiger partial charge on any atom is -0.471 e. The van der Waals surface area contributed by atoms with Crippen LogP contribution in [-0.2, 0) is 0 Å². The second-order valence-corrected chi connectivity index (χ2v) is 7.75. The van der Waals surface area contributed by atoms with Gasteiger partial charge in [0.05, 0.1) is 0 Å². The Hall–Kier alpha value is -2.69. The molecule has 5 nitrogen and oxygen atoms in total. The highest BCUT2D eigenvalue weighted by atomic mass is 16.5. The van der Waals surface area contributed by atoms with Crippen molar-refractivity contribution in [2.75, 3.05) is 31.1 Å². The monoisotopic (exact) mass is 381 g/mol. The van der Waals surface area contributed by atoms with Crippen LogP contribution in [0, 0.1) is 6.92 Å². The molecule has 1 atom stereocenters. The highest BCUT2D eigenvalue weighted by molar-refractivity contribution is 5.74. The van der Waals surface area contributed by atoms with Crippen molar-refractivity contribution >= 4 is 11.7 Å². The van der Waals surface area contributed by atoms with E-state index in [1.165, 1.54) is 16.8 Å². The molecule has 0 bridgehead atoms. The van der Waals surface area contributed by atoms with Gasteiger partial charge in [-0.15, -0.1) is 0 Å². The number of nitrogens with one attached hydrogen (secondary N) is 1. The number of hydrogen-bond donors (Lipinski definition) is 1. The number of hydrogen-bond acceptors (Lipinski definition) is 3. The van der Waals surface area contributed by atoms with E-state index < -0.39 is 0 Å². The first-order valence-electron chi connectivity index (χ1n) is 10.1. The molecule has 0 radical (unpaired) electrons. The zero-order chi connectivity index (χ0) is 20.1. The van der Waals surface area contributed by atoms with Gasteiger partial charge in [0.2, 0.25) is 0 Å². The number of piperazine rings is 1. The molecule has 1 N–H and O–H groups in total. The molecular formula is C23H31N3O2. The summed E-state index contributed by atoms with van der Waals surface area (Å²) in [5.41, 5.74) is 3.75. The van der Waals surface area contributed by atoms with Gasteiger partial charge in [0.25, 0.3) is 0 Å². The molecule has 1 aliphatic heterocycles. The van der Waals surface area contributed by atoms with Crippen LogP contribution in [0.15, 0.2) is 48.5 Å². The van der Waals surface area contributed by atoms with Gasteiger partial charge in [0.1, 0.15) is 5.75 Å². The number of carbonyl (C=O) groups excluding carboxylic acids is 1. The maximum absolute atomic E-state index is 12.6. The van der Waals surface area contributed by atoms with Crippen LogP contribution in [-0.4, -0.2) is 43.3 Å². The Bertz CT molecular complexity index is 781. The lowest BCUT2D eigenvalue weighted by Crippen LogP contribution is -2.54. The summed E-state index contributed by atoms with van der Waals surface area (Å²) in [6.45, 7) is 11.4. The van der Waals surface area contributed by atoms with Gasteiger partial charge >= 0.3 is 6.03 Å². The minimum atomic E-state index is -0.382. The molecular weight excluding hydrogens is 350 g/mol. The Morgan fingerprint density at radius 3 is 2.29 bits per heavy atom. The molecule has 1 aliphatic rings. The van der Waals surface area contributed by atoms with Crippen molar-refractivity contribution in [2.24, 2.45) is 0 Å². The Morgan fingerprint density at radius 2 is 1.68 bits per heavy atom. The van der Waals surface area contributed by atoms with Crippen molar-refractivity contribution in [1.29, 1.82) is 0 Å². The molecule has 2 aromatic rings. The average molecular weight is 382 g/mol. The van der Waals surface area contributed by atoms with E-state index in [0.717, 1.165) is 18.8 Å². The van der Waals surface area contributed by atoms with Crippen molar-refractivity contribution in [3.05, 3.63) is 59.7 Å². The van der Waals surface area contributed by atoms with E-state index in [-0.39, 0.29) is 12.3 Å². The maximum atomic E-state index is 12.6. The van der Waals surface area contributed by atoms with Crippen molar-refractivity contribution in [1.82, 2.24) is 10.2 Å². The highest BCUT2D eigenvalue weighted by Gasteiger charge is 2.22. The van der Waals surface area contributed by atoms with Crippen molar-refractivity contribution in [2.45, 2.75) is 39.8 Å². The van der Waals surface area contributed by atoms with Crippen molar-refractivity contribution < 1.29 is 9.53 Å². The topological polar surface area (TPSA) is 44.8 Å². The molecule has 0 aliphatic carbocycles. The first-order valence-corrected chi connectivity index (χ1v) is 10.1. The zero-order valence-electron chi connectivity index (χ0n) is 17.3. The Balaban J connectivity index is 1.47. The largest absolute Gasteiger partial charge is 0.471 e. The van der Waals surface area contributed by atoms with Crippen LogP contribution in [0.3, 0.4) is 0 Å². The van der Waals surface area contributed by atoms with Crippen LogP contribution in [0.2, 0.25) is 0 Å². The quantitative estimate of drug-likeness (QED) is 0.782. The van der Waals surface area contributed by atoms with E-state index in [2.05, 4.69) is 67.4 Å². The van der Waals surface area contributed by atoms with Gasteiger partial charge in [-0.3, -0.25) is 0 Å². The number of ether oxygens (including phenoxy) is 1. The molecule has 150 valence electrons. The fourth-order valence-electron chi connectivity index (χ4n) is 3.42. The lowest BCUT2D eigenvalue weighted by Gasteiger charge is -2.36. The van der Waals surface area contributed by atoms with E-state index in [1.807, 2.05) is 24.0 Å². The first-order chi connectivity index (χ1) is 13.4. The van der Waals surface area contributed by atoms with E-state index in [4.69, 9.17) is 4.74 Å². The molecule has 1 fully saturated rings. The summed E-state index contributed by atoms with van der Waals surface area (Å²) in [6, 6.07) is 16.5. The number of rotatable bonds is 5. The Morgan fingerprint density at radius 1 is 1.00 bits per heavy atom. The van der Waals surface area contributed by atoms with Gasteiger partial charge in [0, 0.05) is 31.9 Å². The molecule has 5 heteroatoms. The summed E-state index contributed by atoms with van der Waals surface area (Å²) in [7, 11) is 0. The van der Waals surface area contributed by atoms with Gasteiger partial charge in [-0.2, -0.15) is 0 Å². The summed E-state index contributed by atoms with van der Waals surface area (Å²) in [6.07, 6.45) is -0.382. The van der Waals surface area contributed by atoms with E-state index in [1.54, 1.807) is 0 Å². The number of benzene rings is 2. The fraction of sp³-hybridized carbons (Fsp3) is 0.435. The average Bonchev–Trinajstić information content (AvgIpc) is 2.68. The molecule has 1 heterocycles. The number of carbonyl (C=O) groups is 1. The summed E-state index contributed by atoms with van der Waals surface area (Å²) in [4.78, 5) is 16.7. The van der Waals surface area contributed by atoms with Crippen molar-refractivity contribution in [3.8, 4) is 5.75 Å². The molecule has 0 aromatic heterocycles.